The summed E-state index contributed by atoms with van der Waals surface area (Å²) in [4.78, 5) is 15.9. The molecule has 0 amide bonds. The molecular weight excluding hydrogens is 452 g/mol. The van der Waals surface area contributed by atoms with E-state index in [0.29, 0.717) is 17.8 Å². The Labute approximate surface area is 186 Å². The average molecular weight is 478 g/mol. The maximum absolute atomic E-state index is 4.64. The Balaban J connectivity index is 0.00000300. The lowest BCUT2D eigenvalue weighted by molar-refractivity contribution is 0.815. The van der Waals surface area contributed by atoms with Crippen LogP contribution in [-0.4, -0.2) is 28.0 Å². The Bertz CT molecular complexity index is 944. The van der Waals surface area contributed by atoms with Gasteiger partial charge in [0.15, 0.2) is 0 Å². The number of nitrogens with zero attached hydrogens (tertiary/aromatic N) is 4. The summed E-state index contributed by atoms with van der Waals surface area (Å²) < 4.78 is 1.02. The van der Waals surface area contributed by atoms with Crippen LogP contribution in [0, 0.1) is 13.8 Å². The van der Waals surface area contributed by atoms with E-state index in [9.17, 15) is 0 Å². The number of nitrogens with one attached hydrogen (secondary N) is 2. The minimum atomic E-state index is 0. The van der Waals surface area contributed by atoms with Crippen LogP contribution in [0.1, 0.15) is 25.0 Å². The van der Waals surface area contributed by atoms with Crippen LogP contribution >= 0.6 is 28.3 Å². The monoisotopic (exact) mass is 476 g/mol. The Kier molecular flexibility index (Phi) is 8.22. The fourth-order valence-electron chi connectivity index (χ4n) is 2.78. The molecule has 0 aliphatic heterocycles. The number of benzene rings is 2. The third-order valence-corrected chi connectivity index (χ3v) is 4.94. The van der Waals surface area contributed by atoms with Crippen molar-refractivity contribution in [3.05, 3.63) is 58.1 Å². The molecule has 0 saturated carbocycles. The highest BCUT2D eigenvalue weighted by Crippen LogP contribution is 2.23. The molecule has 0 radical (unpaired) electrons. The van der Waals surface area contributed by atoms with Crippen molar-refractivity contribution in [3.63, 3.8) is 0 Å². The molecule has 8 heteroatoms. The quantitative estimate of drug-likeness (QED) is 0.435. The van der Waals surface area contributed by atoms with E-state index in [4.69, 9.17) is 0 Å². The molecule has 1 aromatic heterocycles. The number of anilines is 5. The lowest BCUT2D eigenvalue weighted by Gasteiger charge is -2.20. The summed E-state index contributed by atoms with van der Waals surface area (Å²) in [6, 6.07) is 14.2. The van der Waals surface area contributed by atoms with Crippen molar-refractivity contribution in [1.29, 1.82) is 0 Å². The highest BCUT2D eigenvalue weighted by atomic mass is 79.9. The molecule has 0 aliphatic carbocycles. The molecule has 0 aliphatic rings. The van der Waals surface area contributed by atoms with Crippen molar-refractivity contribution >= 4 is 57.6 Å². The van der Waals surface area contributed by atoms with E-state index >= 15 is 0 Å². The predicted octanol–water partition coefficient (Wildman–Crippen LogP) is 6.01. The minimum absolute atomic E-state index is 0. The molecule has 6 nitrogen and oxygen atoms in total. The summed E-state index contributed by atoms with van der Waals surface area (Å²) >= 11 is 3.46. The summed E-state index contributed by atoms with van der Waals surface area (Å²) in [5, 5.41) is 6.63. The summed E-state index contributed by atoms with van der Waals surface area (Å²) in [5.41, 5.74) is 4.22. The van der Waals surface area contributed by atoms with Crippen LogP contribution in [0.4, 0.5) is 29.2 Å². The Hall–Kier alpha value is -2.38. The van der Waals surface area contributed by atoms with Gasteiger partial charge in [0.25, 0.3) is 0 Å². The zero-order valence-electron chi connectivity index (χ0n) is 17.0. The number of rotatable bonds is 7. The predicted molar refractivity (Wildman–Crippen MR) is 127 cm³/mol. The molecule has 154 valence electrons. The third-order valence-electron chi connectivity index (χ3n) is 4.41. The van der Waals surface area contributed by atoms with Gasteiger partial charge < -0.3 is 15.5 Å². The lowest BCUT2D eigenvalue weighted by atomic mass is 10.1. The Morgan fingerprint density at radius 3 is 2.10 bits per heavy atom. The zero-order chi connectivity index (χ0) is 20.1. The van der Waals surface area contributed by atoms with E-state index in [2.05, 4.69) is 92.3 Å². The van der Waals surface area contributed by atoms with E-state index in [0.717, 1.165) is 34.5 Å². The van der Waals surface area contributed by atoms with Crippen LogP contribution in [0.25, 0.3) is 0 Å². The van der Waals surface area contributed by atoms with Crippen molar-refractivity contribution in [2.75, 3.05) is 28.6 Å². The Morgan fingerprint density at radius 1 is 0.862 bits per heavy atom. The van der Waals surface area contributed by atoms with Gasteiger partial charge in [0.2, 0.25) is 17.8 Å². The maximum atomic E-state index is 4.64. The molecule has 3 rings (SSSR count). The van der Waals surface area contributed by atoms with Gasteiger partial charge >= 0.3 is 0 Å². The van der Waals surface area contributed by atoms with E-state index < -0.39 is 0 Å². The fourth-order valence-corrected chi connectivity index (χ4v) is 3.04. The SMILES string of the molecule is CCN(CC)c1nc(Nc2ccc(Br)cc2)nc(Nc2cc(C)ccc2C)n1.Cl. The lowest BCUT2D eigenvalue weighted by Crippen LogP contribution is -2.25. The highest BCUT2D eigenvalue weighted by molar-refractivity contribution is 9.10. The molecule has 0 atom stereocenters. The van der Waals surface area contributed by atoms with Crippen molar-refractivity contribution in [2.24, 2.45) is 0 Å². The summed E-state index contributed by atoms with van der Waals surface area (Å²) in [6.45, 7) is 9.96. The summed E-state index contributed by atoms with van der Waals surface area (Å²) in [7, 11) is 0. The second-order valence-electron chi connectivity index (χ2n) is 6.53. The molecule has 0 fully saturated rings. The van der Waals surface area contributed by atoms with Gasteiger partial charge in [-0.15, -0.1) is 12.4 Å². The smallest absolute Gasteiger partial charge is 0.233 e. The van der Waals surface area contributed by atoms with Crippen molar-refractivity contribution in [1.82, 2.24) is 15.0 Å². The van der Waals surface area contributed by atoms with Gasteiger partial charge in [-0.3, -0.25) is 0 Å². The summed E-state index contributed by atoms with van der Waals surface area (Å²) in [5.74, 6) is 1.67. The zero-order valence-corrected chi connectivity index (χ0v) is 19.4. The van der Waals surface area contributed by atoms with Gasteiger partial charge in [0.05, 0.1) is 0 Å². The first kappa shape index (κ1) is 22.9. The van der Waals surface area contributed by atoms with Crippen LogP contribution in [0.3, 0.4) is 0 Å². The molecule has 0 unspecified atom stereocenters. The first-order chi connectivity index (χ1) is 13.5. The molecule has 2 N–H and O–H groups in total. The molecule has 2 aromatic carbocycles. The van der Waals surface area contributed by atoms with Crippen LogP contribution in [0.15, 0.2) is 46.9 Å². The second-order valence-corrected chi connectivity index (χ2v) is 7.45. The molecule has 0 bridgehead atoms. The van der Waals surface area contributed by atoms with E-state index in [1.807, 2.05) is 24.3 Å². The maximum Gasteiger partial charge on any atom is 0.233 e. The number of halogens is 2. The largest absolute Gasteiger partial charge is 0.341 e. The number of aryl methyl sites for hydroxylation is 2. The van der Waals surface area contributed by atoms with E-state index in [1.165, 1.54) is 5.56 Å². The van der Waals surface area contributed by atoms with Gasteiger partial charge in [0, 0.05) is 28.9 Å². The first-order valence-electron chi connectivity index (χ1n) is 9.36. The third kappa shape index (κ3) is 6.05. The molecular formula is C21H26BrClN6. The second kappa shape index (κ2) is 10.4. The fraction of sp³-hybridized carbons (Fsp3) is 0.286. The average Bonchev–Trinajstić information content (AvgIpc) is 2.67. The molecule has 3 aromatic rings. The summed E-state index contributed by atoms with van der Waals surface area (Å²) in [6.07, 6.45) is 0. The molecule has 0 spiro atoms. The van der Waals surface area contributed by atoms with Gasteiger partial charge in [-0.25, -0.2) is 0 Å². The minimum Gasteiger partial charge on any atom is -0.341 e. The topological polar surface area (TPSA) is 66.0 Å². The van der Waals surface area contributed by atoms with Gasteiger partial charge in [0.1, 0.15) is 0 Å². The number of aromatic nitrogens is 3. The highest BCUT2D eigenvalue weighted by Gasteiger charge is 2.12. The standard InChI is InChI=1S/C21H25BrN6.ClH/c1-5-28(6-2)21-26-19(23-17-11-9-16(22)10-12-17)25-20(27-21)24-18-13-14(3)7-8-15(18)4;/h7-13H,5-6H2,1-4H3,(H2,23,24,25,26,27);1H. The number of hydrogen-bond donors (Lipinski definition) is 2. The number of hydrogen-bond acceptors (Lipinski definition) is 6. The van der Waals surface area contributed by atoms with E-state index in [1.54, 1.807) is 0 Å². The van der Waals surface area contributed by atoms with Gasteiger partial charge in [-0.1, -0.05) is 28.1 Å². The van der Waals surface area contributed by atoms with Crippen LogP contribution in [-0.2, 0) is 0 Å². The Morgan fingerprint density at radius 2 is 1.48 bits per heavy atom. The normalized spacial score (nSPS) is 10.2. The first-order valence-corrected chi connectivity index (χ1v) is 10.2. The van der Waals surface area contributed by atoms with Gasteiger partial charge in [-0.05, 0) is 69.2 Å². The van der Waals surface area contributed by atoms with Crippen LogP contribution < -0.4 is 15.5 Å². The molecule has 29 heavy (non-hydrogen) atoms. The van der Waals surface area contributed by atoms with Crippen LogP contribution in [0.2, 0.25) is 0 Å². The molecule has 1 heterocycles. The molecule has 0 saturated heterocycles. The van der Waals surface area contributed by atoms with Crippen molar-refractivity contribution in [3.8, 4) is 0 Å². The van der Waals surface area contributed by atoms with Crippen molar-refractivity contribution in [2.45, 2.75) is 27.7 Å². The van der Waals surface area contributed by atoms with Crippen LogP contribution in [0.5, 0.6) is 0 Å². The van der Waals surface area contributed by atoms with E-state index in [-0.39, 0.29) is 12.4 Å². The van der Waals surface area contributed by atoms with Crippen molar-refractivity contribution < 1.29 is 0 Å². The van der Waals surface area contributed by atoms with Gasteiger partial charge in [-0.2, -0.15) is 15.0 Å².